The molecule has 2 rings (SSSR count). The molecule has 0 amide bonds. The summed E-state index contributed by atoms with van der Waals surface area (Å²) >= 11 is 0. The monoisotopic (exact) mass is 238 g/mol. The third-order valence-electron chi connectivity index (χ3n) is 2.09. The maximum Gasteiger partial charge on any atom is 0.225 e. The second kappa shape index (κ2) is 3.64. The molecule has 0 atom stereocenters. The number of nitrogen functional groups attached to an aromatic ring is 1. The van der Waals surface area contributed by atoms with E-state index in [0.717, 1.165) is 6.26 Å². The predicted octanol–water partition coefficient (Wildman–Crippen LogP) is 1.33. The van der Waals surface area contributed by atoms with Crippen LogP contribution in [0.25, 0.3) is 11.5 Å². The molecule has 0 aliphatic carbocycles. The molecule has 2 N–H and O–H groups in total. The van der Waals surface area contributed by atoms with Gasteiger partial charge < -0.3 is 10.2 Å². The SMILES string of the molecule is CS(=O)(=O)c1ccc(-c2ncco2)cc1N. The first kappa shape index (κ1) is 10.7. The molecule has 0 spiro atoms. The number of rotatable bonds is 2. The van der Waals surface area contributed by atoms with Crippen molar-refractivity contribution in [3.63, 3.8) is 0 Å². The minimum absolute atomic E-state index is 0.114. The van der Waals surface area contributed by atoms with Gasteiger partial charge in [0.2, 0.25) is 5.89 Å². The highest BCUT2D eigenvalue weighted by Crippen LogP contribution is 2.25. The zero-order valence-corrected chi connectivity index (χ0v) is 9.36. The Kier molecular flexibility index (Phi) is 2.43. The van der Waals surface area contributed by atoms with Crippen LogP contribution in [0.15, 0.2) is 40.0 Å². The number of anilines is 1. The van der Waals surface area contributed by atoms with E-state index in [1.165, 1.54) is 24.6 Å². The molecule has 0 aliphatic rings. The van der Waals surface area contributed by atoms with Gasteiger partial charge in [-0.05, 0) is 18.2 Å². The van der Waals surface area contributed by atoms with Crippen molar-refractivity contribution in [3.8, 4) is 11.5 Å². The van der Waals surface area contributed by atoms with Gasteiger partial charge in [-0.3, -0.25) is 0 Å². The van der Waals surface area contributed by atoms with Gasteiger partial charge in [0.15, 0.2) is 9.84 Å². The van der Waals surface area contributed by atoms with Gasteiger partial charge in [0.05, 0.1) is 16.8 Å². The van der Waals surface area contributed by atoms with Crippen LogP contribution in [0.3, 0.4) is 0 Å². The number of sulfone groups is 1. The standard InChI is InChI=1S/C10H10N2O3S/c1-16(13,14)9-3-2-7(6-8(9)11)10-12-4-5-15-10/h2-6H,11H2,1H3. The van der Waals surface area contributed by atoms with Crippen LogP contribution in [0.5, 0.6) is 0 Å². The highest BCUT2D eigenvalue weighted by molar-refractivity contribution is 7.90. The number of benzene rings is 1. The fraction of sp³-hybridized carbons (Fsp3) is 0.100. The second-order valence-corrected chi connectivity index (χ2v) is 5.35. The van der Waals surface area contributed by atoms with E-state index < -0.39 is 9.84 Å². The van der Waals surface area contributed by atoms with Gasteiger partial charge in [0.25, 0.3) is 0 Å². The van der Waals surface area contributed by atoms with Gasteiger partial charge in [-0.15, -0.1) is 0 Å². The first-order valence-corrected chi connectivity index (χ1v) is 6.37. The van der Waals surface area contributed by atoms with Crippen LogP contribution in [0, 0.1) is 0 Å². The largest absolute Gasteiger partial charge is 0.445 e. The Bertz CT molecular complexity index is 603. The minimum atomic E-state index is -3.30. The lowest BCUT2D eigenvalue weighted by Crippen LogP contribution is -2.02. The summed E-state index contributed by atoms with van der Waals surface area (Å²) < 4.78 is 27.7. The average Bonchev–Trinajstić information content (AvgIpc) is 2.68. The topological polar surface area (TPSA) is 86.2 Å². The van der Waals surface area contributed by atoms with Crippen molar-refractivity contribution in [2.45, 2.75) is 4.90 Å². The summed E-state index contributed by atoms with van der Waals surface area (Å²) in [5.41, 5.74) is 6.51. The van der Waals surface area contributed by atoms with Gasteiger partial charge in [-0.1, -0.05) is 0 Å². The highest BCUT2D eigenvalue weighted by Gasteiger charge is 2.13. The van der Waals surface area contributed by atoms with E-state index in [0.29, 0.717) is 11.5 Å². The summed E-state index contributed by atoms with van der Waals surface area (Å²) in [5.74, 6) is 0.409. The summed E-state index contributed by atoms with van der Waals surface area (Å²) in [6.07, 6.45) is 4.06. The van der Waals surface area contributed by atoms with Gasteiger partial charge in [-0.25, -0.2) is 13.4 Å². The van der Waals surface area contributed by atoms with E-state index in [2.05, 4.69) is 4.98 Å². The van der Waals surface area contributed by atoms with Gasteiger partial charge in [-0.2, -0.15) is 0 Å². The minimum Gasteiger partial charge on any atom is -0.445 e. The molecule has 1 aromatic heterocycles. The van der Waals surface area contributed by atoms with E-state index in [1.807, 2.05) is 0 Å². The second-order valence-electron chi connectivity index (χ2n) is 3.36. The molecular formula is C10H10N2O3S. The molecular weight excluding hydrogens is 228 g/mol. The van der Waals surface area contributed by atoms with E-state index >= 15 is 0 Å². The molecule has 84 valence electrons. The number of hydrogen-bond donors (Lipinski definition) is 1. The Morgan fingerprint density at radius 2 is 2.12 bits per heavy atom. The first-order chi connectivity index (χ1) is 7.48. The molecule has 1 heterocycles. The molecule has 0 saturated carbocycles. The Hall–Kier alpha value is -1.82. The maximum absolute atomic E-state index is 11.3. The average molecular weight is 238 g/mol. The van der Waals surface area contributed by atoms with Crippen molar-refractivity contribution in [1.29, 1.82) is 0 Å². The smallest absolute Gasteiger partial charge is 0.225 e. The zero-order chi connectivity index (χ0) is 11.8. The number of aromatic nitrogens is 1. The van der Waals surface area contributed by atoms with Crippen LogP contribution < -0.4 is 5.73 Å². The van der Waals surface area contributed by atoms with E-state index in [1.54, 1.807) is 6.07 Å². The fourth-order valence-corrected chi connectivity index (χ4v) is 2.19. The van der Waals surface area contributed by atoms with E-state index in [9.17, 15) is 8.42 Å². The molecule has 16 heavy (non-hydrogen) atoms. The molecule has 0 aliphatic heterocycles. The van der Waals surface area contributed by atoms with Crippen molar-refractivity contribution < 1.29 is 12.8 Å². The highest BCUT2D eigenvalue weighted by atomic mass is 32.2. The van der Waals surface area contributed by atoms with Crippen LogP contribution in [-0.2, 0) is 9.84 Å². The normalized spacial score (nSPS) is 11.6. The number of oxazole rings is 1. The van der Waals surface area contributed by atoms with Crippen LogP contribution in [0.1, 0.15) is 0 Å². The van der Waals surface area contributed by atoms with Crippen molar-refractivity contribution >= 4 is 15.5 Å². The molecule has 6 heteroatoms. The lowest BCUT2D eigenvalue weighted by molar-refractivity contribution is 0.574. The van der Waals surface area contributed by atoms with Gasteiger partial charge >= 0.3 is 0 Å². The predicted molar refractivity (Wildman–Crippen MR) is 59.5 cm³/mol. The van der Waals surface area contributed by atoms with Crippen molar-refractivity contribution in [2.75, 3.05) is 12.0 Å². The third kappa shape index (κ3) is 1.92. The Morgan fingerprint density at radius 1 is 1.38 bits per heavy atom. The van der Waals surface area contributed by atoms with Crippen molar-refractivity contribution in [1.82, 2.24) is 4.98 Å². The molecule has 0 saturated heterocycles. The first-order valence-electron chi connectivity index (χ1n) is 4.48. The summed E-state index contributed by atoms with van der Waals surface area (Å²) in [6, 6.07) is 4.59. The molecule has 0 fully saturated rings. The van der Waals surface area contributed by atoms with Gasteiger partial charge in [0.1, 0.15) is 6.26 Å². The Balaban J connectivity index is 2.53. The molecule has 1 aromatic carbocycles. The molecule has 5 nitrogen and oxygen atoms in total. The lowest BCUT2D eigenvalue weighted by atomic mass is 10.2. The van der Waals surface area contributed by atoms with Crippen molar-refractivity contribution in [3.05, 3.63) is 30.7 Å². The lowest BCUT2D eigenvalue weighted by Gasteiger charge is -2.04. The maximum atomic E-state index is 11.3. The van der Waals surface area contributed by atoms with Crippen LogP contribution in [0.2, 0.25) is 0 Å². The van der Waals surface area contributed by atoms with Crippen molar-refractivity contribution in [2.24, 2.45) is 0 Å². The number of hydrogen-bond acceptors (Lipinski definition) is 5. The molecule has 0 bridgehead atoms. The summed E-state index contributed by atoms with van der Waals surface area (Å²) in [6.45, 7) is 0. The number of nitrogens with two attached hydrogens (primary N) is 1. The molecule has 0 radical (unpaired) electrons. The van der Waals surface area contributed by atoms with Crippen LogP contribution >= 0.6 is 0 Å². The molecule has 0 unspecified atom stereocenters. The number of nitrogens with zero attached hydrogens (tertiary/aromatic N) is 1. The Morgan fingerprint density at radius 3 is 2.62 bits per heavy atom. The van der Waals surface area contributed by atoms with Crippen LogP contribution in [-0.4, -0.2) is 19.7 Å². The summed E-state index contributed by atoms with van der Waals surface area (Å²) in [5, 5.41) is 0. The third-order valence-corrected chi connectivity index (χ3v) is 3.26. The summed E-state index contributed by atoms with van der Waals surface area (Å²) in [4.78, 5) is 4.06. The molecule has 2 aromatic rings. The quantitative estimate of drug-likeness (QED) is 0.797. The Labute approximate surface area is 92.8 Å². The van der Waals surface area contributed by atoms with E-state index in [4.69, 9.17) is 10.2 Å². The van der Waals surface area contributed by atoms with Crippen LogP contribution in [0.4, 0.5) is 5.69 Å². The van der Waals surface area contributed by atoms with E-state index in [-0.39, 0.29) is 10.6 Å². The zero-order valence-electron chi connectivity index (χ0n) is 8.54. The van der Waals surface area contributed by atoms with Gasteiger partial charge in [0, 0.05) is 11.8 Å². The fourth-order valence-electron chi connectivity index (χ4n) is 1.39. The summed E-state index contributed by atoms with van der Waals surface area (Å²) in [7, 11) is -3.30.